The number of rotatable bonds is 1. The number of ether oxygens (including phenoxy) is 1. The fraction of sp³-hybridized carbons (Fsp3) is 0.920. The summed E-state index contributed by atoms with van der Waals surface area (Å²) in [4.78, 5) is 18.6. The molecule has 1 saturated heterocycles. The van der Waals surface area contributed by atoms with Crippen molar-refractivity contribution in [3.63, 3.8) is 0 Å². The number of aliphatic carboxylic acids is 1. The Bertz CT molecular complexity index is 332. The molecule has 1 heterocycles. The zero-order valence-corrected chi connectivity index (χ0v) is 20.6. The molecule has 5 nitrogen and oxygen atoms in total. The summed E-state index contributed by atoms with van der Waals surface area (Å²) in [5, 5.41) is 10.7. The van der Waals surface area contributed by atoms with Crippen LogP contribution in [0, 0.1) is 11.8 Å². The smallest absolute Gasteiger partial charge is 0.302 e. The van der Waals surface area contributed by atoms with E-state index in [1.807, 2.05) is 0 Å². The monoisotopic (exact) mass is 429 g/mol. The van der Waals surface area contributed by atoms with Crippen molar-refractivity contribution in [1.29, 1.82) is 0 Å². The fourth-order valence-electron chi connectivity index (χ4n) is 3.60. The highest BCUT2D eigenvalue weighted by molar-refractivity contribution is 5.65. The largest absolute Gasteiger partial charge is 0.481 e. The maximum atomic E-state index is 9.59. The highest BCUT2D eigenvalue weighted by Crippen LogP contribution is 2.29. The molecule has 0 spiro atoms. The van der Waals surface area contributed by atoms with Gasteiger partial charge in [0, 0.05) is 13.8 Å². The number of hydrogen-bond donors (Lipinski definition) is 2. The number of carbonyl (C=O) groups excluding carboxylic acids is 1. The van der Waals surface area contributed by atoms with E-state index in [1.165, 1.54) is 117 Å². The van der Waals surface area contributed by atoms with Crippen molar-refractivity contribution >= 4 is 11.9 Å². The Morgan fingerprint density at radius 3 is 1.37 bits per heavy atom. The topological polar surface area (TPSA) is 75.6 Å². The Morgan fingerprint density at radius 1 is 0.833 bits per heavy atom. The average molecular weight is 430 g/mol. The number of methoxy groups -OCH3 is 1. The van der Waals surface area contributed by atoms with E-state index in [4.69, 9.17) is 9.90 Å². The molecule has 2 aliphatic carbocycles. The van der Waals surface area contributed by atoms with E-state index in [1.54, 1.807) is 0 Å². The van der Waals surface area contributed by atoms with Crippen LogP contribution in [-0.4, -0.2) is 37.2 Å². The molecule has 30 heavy (non-hydrogen) atoms. The van der Waals surface area contributed by atoms with Crippen LogP contribution < -0.4 is 5.32 Å². The van der Waals surface area contributed by atoms with Crippen LogP contribution in [0.25, 0.3) is 0 Å². The van der Waals surface area contributed by atoms with Gasteiger partial charge < -0.3 is 15.2 Å². The summed E-state index contributed by atoms with van der Waals surface area (Å²) in [6, 6.07) is 0. The van der Waals surface area contributed by atoms with Crippen molar-refractivity contribution in [1.82, 2.24) is 5.32 Å². The summed E-state index contributed by atoms with van der Waals surface area (Å²) in [5.41, 5.74) is 0. The quantitative estimate of drug-likeness (QED) is 0.460. The van der Waals surface area contributed by atoms with Gasteiger partial charge in [0.1, 0.15) is 0 Å². The first-order valence-electron chi connectivity index (χ1n) is 12.3. The van der Waals surface area contributed by atoms with E-state index in [0.717, 1.165) is 18.8 Å². The Labute approximate surface area is 186 Å². The molecular weight excluding hydrogens is 378 g/mol. The van der Waals surface area contributed by atoms with Crippen molar-refractivity contribution in [2.24, 2.45) is 11.8 Å². The number of nitrogens with one attached hydrogen (secondary N) is 1. The SMILES string of the molecule is C1CCCCC1.C1CCNCC1.CC(=O)O.CCC1CCC(C)CC1.COC(C)=O. The first kappa shape index (κ1) is 31.1. The molecule has 0 unspecified atom stereocenters. The lowest BCUT2D eigenvalue weighted by atomic mass is 9.82. The third-order valence-electron chi connectivity index (χ3n) is 5.71. The summed E-state index contributed by atoms with van der Waals surface area (Å²) in [6.07, 6.45) is 20.6. The van der Waals surface area contributed by atoms with Crippen LogP contribution in [0.4, 0.5) is 0 Å². The Kier molecular flexibility index (Phi) is 25.0. The molecule has 0 aromatic carbocycles. The van der Waals surface area contributed by atoms with E-state index in [2.05, 4.69) is 23.9 Å². The maximum Gasteiger partial charge on any atom is 0.302 e. The summed E-state index contributed by atoms with van der Waals surface area (Å²) >= 11 is 0. The Morgan fingerprint density at radius 2 is 1.17 bits per heavy atom. The van der Waals surface area contributed by atoms with E-state index in [9.17, 15) is 4.79 Å². The first-order chi connectivity index (χ1) is 14.3. The molecule has 3 fully saturated rings. The third kappa shape index (κ3) is 29.1. The molecule has 2 N–H and O–H groups in total. The standard InChI is InChI=1S/C9H18.C6H12.C5H11N.C3H6O2.C2H4O2/c1-3-9-6-4-8(2)5-7-9;2*1-2-4-6-5-3-1;1-3(4)5-2;1-2(3)4/h8-9H,3-7H2,1-2H3;1-6H2;6H,1-5H2;1-2H3;1H3,(H,3,4). The normalized spacial score (nSPS) is 22.6. The van der Waals surface area contributed by atoms with Crippen LogP contribution in [0.3, 0.4) is 0 Å². The number of carbonyl (C=O) groups is 2. The minimum atomic E-state index is -0.833. The van der Waals surface area contributed by atoms with Crippen LogP contribution in [0.2, 0.25) is 0 Å². The highest BCUT2D eigenvalue weighted by Gasteiger charge is 2.15. The molecule has 0 radical (unpaired) electrons. The van der Waals surface area contributed by atoms with Gasteiger partial charge in [-0.2, -0.15) is 0 Å². The lowest BCUT2D eigenvalue weighted by Crippen LogP contribution is -2.21. The van der Waals surface area contributed by atoms with Gasteiger partial charge in [0.25, 0.3) is 5.97 Å². The predicted molar refractivity (Wildman–Crippen MR) is 127 cm³/mol. The highest BCUT2D eigenvalue weighted by atomic mass is 16.5. The fourth-order valence-corrected chi connectivity index (χ4v) is 3.60. The lowest BCUT2D eigenvalue weighted by Gasteiger charge is -2.24. The first-order valence-corrected chi connectivity index (χ1v) is 12.3. The van der Waals surface area contributed by atoms with Gasteiger partial charge in [-0.1, -0.05) is 90.9 Å². The summed E-state index contributed by atoms with van der Waals surface area (Å²) < 4.78 is 4.11. The molecule has 2 saturated carbocycles. The molecular formula is C25H51NO4. The summed E-state index contributed by atoms with van der Waals surface area (Å²) in [6.45, 7) is 9.65. The van der Waals surface area contributed by atoms with Gasteiger partial charge in [0.05, 0.1) is 7.11 Å². The molecule has 0 aromatic heterocycles. The van der Waals surface area contributed by atoms with Crippen molar-refractivity contribution in [2.45, 2.75) is 118 Å². The maximum absolute atomic E-state index is 9.59. The molecule has 3 aliphatic rings. The predicted octanol–water partition coefficient (Wildman–Crippen LogP) is 6.59. The van der Waals surface area contributed by atoms with Crippen LogP contribution in [-0.2, 0) is 14.3 Å². The second-order valence-corrected chi connectivity index (χ2v) is 8.68. The molecule has 0 amide bonds. The Balaban J connectivity index is 0. The van der Waals surface area contributed by atoms with Crippen molar-refractivity contribution < 1.29 is 19.4 Å². The molecule has 1 aliphatic heterocycles. The minimum Gasteiger partial charge on any atom is -0.481 e. The summed E-state index contributed by atoms with van der Waals surface area (Å²) in [7, 11) is 1.35. The molecule has 0 bridgehead atoms. The molecule has 3 rings (SSSR count). The number of esters is 1. The molecule has 180 valence electrons. The van der Waals surface area contributed by atoms with Gasteiger partial charge in [-0.15, -0.1) is 0 Å². The van der Waals surface area contributed by atoms with E-state index in [-0.39, 0.29) is 5.97 Å². The van der Waals surface area contributed by atoms with Crippen molar-refractivity contribution in [2.75, 3.05) is 20.2 Å². The van der Waals surface area contributed by atoms with Gasteiger partial charge in [-0.25, -0.2) is 0 Å². The van der Waals surface area contributed by atoms with Crippen LogP contribution in [0.5, 0.6) is 0 Å². The molecule has 5 heteroatoms. The summed E-state index contributed by atoms with van der Waals surface area (Å²) in [5.74, 6) is 1.01. The third-order valence-corrected chi connectivity index (χ3v) is 5.71. The van der Waals surface area contributed by atoms with Gasteiger partial charge in [0.15, 0.2) is 0 Å². The zero-order chi connectivity index (χ0) is 23.0. The van der Waals surface area contributed by atoms with E-state index < -0.39 is 5.97 Å². The number of carboxylic acids is 1. The molecule has 0 atom stereocenters. The Hall–Kier alpha value is -1.10. The second kappa shape index (κ2) is 24.2. The van der Waals surface area contributed by atoms with Crippen molar-refractivity contribution in [3.05, 3.63) is 0 Å². The minimum absolute atomic E-state index is 0.245. The van der Waals surface area contributed by atoms with Crippen LogP contribution in [0.1, 0.15) is 118 Å². The second-order valence-electron chi connectivity index (χ2n) is 8.68. The number of piperidine rings is 1. The zero-order valence-electron chi connectivity index (χ0n) is 20.6. The number of hydrogen-bond acceptors (Lipinski definition) is 4. The van der Waals surface area contributed by atoms with Crippen molar-refractivity contribution in [3.8, 4) is 0 Å². The van der Waals surface area contributed by atoms with Crippen LogP contribution in [0.15, 0.2) is 0 Å². The lowest BCUT2D eigenvalue weighted by molar-refractivity contribution is -0.138. The van der Waals surface area contributed by atoms with E-state index in [0.29, 0.717) is 0 Å². The average Bonchev–Trinajstić information content (AvgIpc) is 2.77. The number of carboxylic acid groups (broad SMARTS) is 1. The van der Waals surface area contributed by atoms with E-state index >= 15 is 0 Å². The van der Waals surface area contributed by atoms with Gasteiger partial charge >= 0.3 is 5.97 Å². The van der Waals surface area contributed by atoms with Gasteiger partial charge in [0.2, 0.25) is 0 Å². The van der Waals surface area contributed by atoms with Crippen LogP contribution >= 0.6 is 0 Å². The van der Waals surface area contributed by atoms with Gasteiger partial charge in [-0.05, 0) is 37.8 Å². The van der Waals surface area contributed by atoms with Gasteiger partial charge in [-0.3, -0.25) is 9.59 Å². The molecule has 0 aromatic rings.